The first kappa shape index (κ1) is 28.9. The highest BCUT2D eigenvalue weighted by molar-refractivity contribution is 8.13. The summed E-state index contributed by atoms with van der Waals surface area (Å²) >= 11 is 1.72. The van der Waals surface area contributed by atoms with Crippen LogP contribution in [0.3, 0.4) is 0 Å². The number of nitrogens with zero attached hydrogens (tertiary/aromatic N) is 3. The summed E-state index contributed by atoms with van der Waals surface area (Å²) in [7, 11) is 0. The molecule has 1 aromatic carbocycles. The second-order valence-corrected chi connectivity index (χ2v) is 10.9. The summed E-state index contributed by atoms with van der Waals surface area (Å²) in [4.78, 5) is 14.4. The number of alkyl halides is 3. The monoisotopic (exact) mass is 557 g/mol. The predicted octanol–water partition coefficient (Wildman–Crippen LogP) is 6.91. The molecule has 3 N–H and O–H groups in total. The van der Waals surface area contributed by atoms with Gasteiger partial charge in [-0.15, -0.1) is 11.8 Å². The molecule has 1 unspecified atom stereocenters. The summed E-state index contributed by atoms with van der Waals surface area (Å²) in [6.07, 6.45) is 3.83. The van der Waals surface area contributed by atoms with Crippen LogP contribution in [0.15, 0.2) is 65.7 Å². The van der Waals surface area contributed by atoms with Crippen molar-refractivity contribution in [3.63, 3.8) is 0 Å². The van der Waals surface area contributed by atoms with E-state index in [0.29, 0.717) is 24.5 Å². The molecule has 208 valence electrons. The number of fused-ring (bicyclic) bond motifs is 1. The molecule has 2 atom stereocenters. The lowest BCUT2D eigenvalue weighted by atomic mass is 10.1. The van der Waals surface area contributed by atoms with Gasteiger partial charge in [-0.3, -0.25) is 0 Å². The molecular weight excluding hydrogens is 523 g/mol. The smallest absolute Gasteiger partial charge is 0.392 e. The van der Waals surface area contributed by atoms with E-state index in [0.717, 1.165) is 58.9 Å². The van der Waals surface area contributed by atoms with E-state index in [4.69, 9.17) is 9.98 Å². The second-order valence-electron chi connectivity index (χ2n) is 9.81. The molecule has 6 nitrogen and oxygen atoms in total. The van der Waals surface area contributed by atoms with Gasteiger partial charge in [-0.2, -0.15) is 18.2 Å². The van der Waals surface area contributed by atoms with Crippen molar-refractivity contribution in [3.05, 3.63) is 77.5 Å². The average Bonchev–Trinajstić information content (AvgIpc) is 3.37. The van der Waals surface area contributed by atoms with Crippen LogP contribution in [-0.2, 0) is 12.2 Å². The summed E-state index contributed by atoms with van der Waals surface area (Å²) in [5.41, 5.74) is 4.72. The molecule has 2 aliphatic rings. The first-order valence-corrected chi connectivity index (χ1v) is 14.0. The number of hydrogen-bond donors (Lipinski definition) is 3. The number of benzene rings is 1. The molecule has 0 radical (unpaired) electrons. The Labute approximate surface area is 231 Å². The summed E-state index contributed by atoms with van der Waals surface area (Å²) < 4.78 is 37.2. The zero-order chi connectivity index (χ0) is 27.8. The molecular formula is C29H34F3N5OS. The van der Waals surface area contributed by atoms with Gasteiger partial charge in [0.25, 0.3) is 0 Å². The Morgan fingerprint density at radius 2 is 2.05 bits per heavy atom. The number of aliphatic hydroxyl groups excluding tert-OH is 1. The number of allylic oxidation sites excluding steroid dienone is 3. The second kappa shape index (κ2) is 13.3. The number of aliphatic imine (C=N–C) groups is 1. The van der Waals surface area contributed by atoms with Gasteiger partial charge >= 0.3 is 6.18 Å². The third kappa shape index (κ3) is 8.44. The van der Waals surface area contributed by atoms with Crippen molar-refractivity contribution in [2.45, 2.75) is 57.0 Å². The molecule has 1 fully saturated rings. The van der Waals surface area contributed by atoms with Crippen molar-refractivity contribution in [2.24, 2.45) is 10.9 Å². The fourth-order valence-corrected chi connectivity index (χ4v) is 5.63. The lowest BCUT2D eigenvalue weighted by Crippen LogP contribution is -2.21. The number of aromatic nitrogens is 2. The number of hydrogen-bond acceptors (Lipinski definition) is 7. The number of nitrogens with one attached hydrogen (secondary N) is 2. The Balaban J connectivity index is 1.53. The Hall–Kier alpha value is -3.11. The van der Waals surface area contributed by atoms with E-state index in [2.05, 4.69) is 28.3 Å². The van der Waals surface area contributed by atoms with Crippen molar-refractivity contribution in [1.82, 2.24) is 9.97 Å². The molecule has 1 aliphatic heterocycles. The van der Waals surface area contributed by atoms with Crippen LogP contribution in [0.2, 0.25) is 0 Å². The zero-order valence-corrected chi connectivity index (χ0v) is 22.8. The minimum absolute atomic E-state index is 0.182. The molecule has 0 bridgehead atoms. The maximum Gasteiger partial charge on any atom is 0.392 e. The third-order valence-electron chi connectivity index (χ3n) is 6.82. The van der Waals surface area contributed by atoms with Gasteiger partial charge in [0.2, 0.25) is 5.95 Å². The van der Waals surface area contributed by atoms with E-state index in [1.807, 2.05) is 25.1 Å². The van der Waals surface area contributed by atoms with Crippen LogP contribution in [0, 0.1) is 12.8 Å². The van der Waals surface area contributed by atoms with Crippen LogP contribution in [0.4, 0.5) is 30.6 Å². The van der Waals surface area contributed by atoms with Crippen molar-refractivity contribution in [3.8, 4) is 0 Å². The molecule has 10 heteroatoms. The van der Waals surface area contributed by atoms with Gasteiger partial charge in [-0.05, 0) is 49.3 Å². The van der Waals surface area contributed by atoms with Crippen LogP contribution in [0.25, 0.3) is 0 Å². The normalized spacial score (nSPS) is 19.6. The highest BCUT2D eigenvalue weighted by Gasteiger charge is 2.26. The number of aliphatic hydroxyl groups is 1. The zero-order valence-electron chi connectivity index (χ0n) is 22.0. The van der Waals surface area contributed by atoms with Crippen molar-refractivity contribution in [1.29, 1.82) is 0 Å². The quantitative estimate of drug-likeness (QED) is 0.261. The lowest BCUT2D eigenvalue weighted by Gasteiger charge is -2.21. The van der Waals surface area contributed by atoms with Gasteiger partial charge in [0, 0.05) is 42.6 Å². The molecule has 4 rings (SSSR count). The van der Waals surface area contributed by atoms with E-state index in [1.165, 1.54) is 11.6 Å². The topological polar surface area (TPSA) is 82.4 Å². The molecule has 2 aromatic rings. The summed E-state index contributed by atoms with van der Waals surface area (Å²) in [5, 5.41) is 17.4. The molecule has 1 aromatic heterocycles. The van der Waals surface area contributed by atoms with Crippen molar-refractivity contribution >= 4 is 34.3 Å². The summed E-state index contributed by atoms with van der Waals surface area (Å²) in [5.74, 6) is 2.31. The highest BCUT2D eigenvalue weighted by atomic mass is 32.2. The third-order valence-corrected chi connectivity index (χ3v) is 7.85. The number of para-hydroxylation sites is 1. The first-order valence-electron chi connectivity index (χ1n) is 13.1. The molecule has 0 spiro atoms. The van der Waals surface area contributed by atoms with E-state index in [-0.39, 0.29) is 18.6 Å². The van der Waals surface area contributed by atoms with Crippen molar-refractivity contribution < 1.29 is 18.3 Å². The first-order chi connectivity index (χ1) is 18.7. The fourth-order valence-electron chi connectivity index (χ4n) is 4.66. The Morgan fingerprint density at radius 1 is 1.23 bits per heavy atom. The van der Waals surface area contributed by atoms with Gasteiger partial charge in [0.1, 0.15) is 5.82 Å². The number of anilines is 2. The lowest BCUT2D eigenvalue weighted by molar-refractivity contribution is -0.125. The minimum atomic E-state index is -4.23. The van der Waals surface area contributed by atoms with Gasteiger partial charge < -0.3 is 15.7 Å². The Morgan fingerprint density at radius 3 is 2.79 bits per heavy atom. The maximum atomic E-state index is 12.4. The maximum absolute atomic E-state index is 12.4. The van der Waals surface area contributed by atoms with Crippen molar-refractivity contribution in [2.75, 3.05) is 23.8 Å². The molecule has 39 heavy (non-hydrogen) atoms. The van der Waals surface area contributed by atoms with Gasteiger partial charge in [0.05, 0.1) is 17.2 Å². The predicted molar refractivity (Wildman–Crippen MR) is 154 cm³/mol. The van der Waals surface area contributed by atoms with Crippen LogP contribution >= 0.6 is 11.8 Å². The molecule has 1 aliphatic carbocycles. The van der Waals surface area contributed by atoms with Crippen LogP contribution in [0.5, 0.6) is 0 Å². The summed E-state index contributed by atoms with van der Waals surface area (Å²) in [6.45, 7) is 6.21. The Kier molecular flexibility index (Phi) is 9.85. The van der Waals surface area contributed by atoms with Gasteiger partial charge in [0.15, 0.2) is 0 Å². The van der Waals surface area contributed by atoms with Gasteiger partial charge in [-0.25, -0.2) is 9.98 Å². The number of halogens is 3. The SMILES string of the molecule is C=C/C(=C\C=C/CC(F)(F)F)CNc1nc(C)c(CC2=Nc3ccccc3CS2)c(N[C@H]2CCC(CO)C2)n1. The minimum Gasteiger partial charge on any atom is -0.396 e. The van der Waals surface area contributed by atoms with E-state index in [1.54, 1.807) is 23.9 Å². The number of rotatable bonds is 11. The van der Waals surface area contributed by atoms with E-state index >= 15 is 0 Å². The molecule has 0 amide bonds. The fraction of sp³-hybridized carbons (Fsp3) is 0.414. The van der Waals surface area contributed by atoms with Gasteiger partial charge in [-0.1, -0.05) is 49.1 Å². The summed E-state index contributed by atoms with van der Waals surface area (Å²) in [6, 6.07) is 8.35. The van der Waals surface area contributed by atoms with Crippen LogP contribution in [0.1, 0.15) is 42.5 Å². The van der Waals surface area contributed by atoms with E-state index in [9.17, 15) is 18.3 Å². The molecule has 1 saturated carbocycles. The van der Waals surface area contributed by atoms with E-state index < -0.39 is 12.6 Å². The van der Waals surface area contributed by atoms with Crippen LogP contribution < -0.4 is 10.6 Å². The Bertz CT molecular complexity index is 1260. The molecule has 0 saturated heterocycles. The average molecular weight is 558 g/mol. The number of thioether (sulfide) groups is 1. The largest absolute Gasteiger partial charge is 0.396 e. The standard InChI is InChI=1S/C29H34F3N5OS/c1-3-20(8-6-7-13-29(30,31)32)16-33-28-34-19(2)24(27(37-28)35-23-12-11-21(14-23)17-38)15-26-36-25-10-5-4-9-22(25)18-39-26/h3-10,21,23,38H,1,11-18H2,2H3,(H2,33,34,35,37)/b7-6-,20-8+/t21?,23-/m0/s1. The highest BCUT2D eigenvalue weighted by Crippen LogP contribution is 2.34. The number of aryl methyl sites for hydroxylation is 1. The molecule has 2 heterocycles. The van der Waals surface area contributed by atoms with Crippen LogP contribution in [-0.4, -0.2) is 45.5 Å².